The maximum atomic E-state index is 11.9. The predicted molar refractivity (Wildman–Crippen MR) is 81.8 cm³/mol. The highest BCUT2D eigenvalue weighted by Gasteiger charge is 2.13. The molecule has 0 fully saturated rings. The second-order valence-electron chi connectivity index (χ2n) is 4.85. The fourth-order valence-corrected chi connectivity index (χ4v) is 1.96. The quantitative estimate of drug-likeness (QED) is 0.748. The summed E-state index contributed by atoms with van der Waals surface area (Å²) in [5, 5.41) is 6.71. The maximum Gasteiger partial charge on any atom is 0.242 e. The molecule has 0 aliphatic rings. The number of halogens is 1. The van der Waals surface area contributed by atoms with E-state index in [1.165, 1.54) is 0 Å². The molecule has 1 unspecified atom stereocenters. The van der Waals surface area contributed by atoms with Crippen molar-refractivity contribution >= 4 is 23.2 Å². The van der Waals surface area contributed by atoms with Gasteiger partial charge in [0.1, 0.15) is 6.04 Å². The molecule has 4 heteroatoms. The van der Waals surface area contributed by atoms with E-state index in [4.69, 9.17) is 11.6 Å². The number of carbonyl (C=O) groups is 1. The highest BCUT2D eigenvalue weighted by molar-refractivity contribution is 6.33. The molecular weight excluding hydrogens is 260 g/mol. The van der Waals surface area contributed by atoms with Gasteiger partial charge in [0.25, 0.3) is 0 Å². The molecule has 0 saturated heterocycles. The van der Waals surface area contributed by atoms with Gasteiger partial charge in [0.2, 0.25) is 5.91 Å². The van der Waals surface area contributed by atoms with Crippen molar-refractivity contribution in [3.05, 3.63) is 28.8 Å². The standard InChI is InChI=1S/C15H23ClN2O/c1-4-5-6-9-17-15(19)12(3)18-14-10-11(2)7-8-13(14)16/h7-8,10,12,18H,4-6,9H2,1-3H3,(H,17,19). The fraction of sp³-hybridized carbons (Fsp3) is 0.533. The van der Waals surface area contributed by atoms with Crippen LogP contribution in [0.4, 0.5) is 5.69 Å². The van der Waals surface area contributed by atoms with Gasteiger partial charge in [0.05, 0.1) is 10.7 Å². The average Bonchev–Trinajstić information content (AvgIpc) is 2.38. The van der Waals surface area contributed by atoms with Crippen LogP contribution in [0.5, 0.6) is 0 Å². The summed E-state index contributed by atoms with van der Waals surface area (Å²) in [5.41, 5.74) is 1.92. The van der Waals surface area contributed by atoms with E-state index in [1.54, 1.807) is 0 Å². The molecule has 0 heterocycles. The third kappa shape index (κ3) is 5.52. The Morgan fingerprint density at radius 3 is 2.79 bits per heavy atom. The van der Waals surface area contributed by atoms with Gasteiger partial charge >= 0.3 is 0 Å². The molecule has 0 aliphatic heterocycles. The minimum Gasteiger partial charge on any atom is -0.373 e. The molecule has 1 aromatic carbocycles. The Labute approximate surface area is 120 Å². The first-order valence-corrected chi connectivity index (χ1v) is 7.22. The van der Waals surface area contributed by atoms with Crippen LogP contribution < -0.4 is 10.6 Å². The van der Waals surface area contributed by atoms with Gasteiger partial charge in [-0.05, 0) is 38.0 Å². The number of aryl methyl sites for hydroxylation is 1. The van der Waals surface area contributed by atoms with Gasteiger partial charge in [0.15, 0.2) is 0 Å². The zero-order chi connectivity index (χ0) is 14.3. The summed E-state index contributed by atoms with van der Waals surface area (Å²) in [6, 6.07) is 5.44. The maximum absolute atomic E-state index is 11.9. The molecule has 1 amide bonds. The van der Waals surface area contributed by atoms with E-state index in [1.807, 2.05) is 32.0 Å². The molecular formula is C15H23ClN2O. The number of hydrogen-bond donors (Lipinski definition) is 2. The van der Waals surface area contributed by atoms with Crippen molar-refractivity contribution in [3.63, 3.8) is 0 Å². The van der Waals surface area contributed by atoms with Crippen LogP contribution in [0, 0.1) is 6.92 Å². The highest BCUT2D eigenvalue weighted by Crippen LogP contribution is 2.23. The molecule has 19 heavy (non-hydrogen) atoms. The minimum absolute atomic E-state index is 0.00803. The van der Waals surface area contributed by atoms with Crippen LogP contribution in [0.2, 0.25) is 5.02 Å². The number of hydrogen-bond acceptors (Lipinski definition) is 2. The van der Waals surface area contributed by atoms with Crippen LogP contribution in [0.15, 0.2) is 18.2 Å². The van der Waals surface area contributed by atoms with Crippen molar-refractivity contribution in [3.8, 4) is 0 Å². The van der Waals surface area contributed by atoms with Crippen molar-refractivity contribution in [1.29, 1.82) is 0 Å². The molecule has 2 N–H and O–H groups in total. The Balaban J connectivity index is 2.47. The SMILES string of the molecule is CCCCCNC(=O)C(C)Nc1cc(C)ccc1Cl. The Morgan fingerprint density at radius 1 is 1.37 bits per heavy atom. The summed E-state index contributed by atoms with van der Waals surface area (Å²) in [5.74, 6) is 0.00803. The lowest BCUT2D eigenvalue weighted by molar-refractivity contribution is -0.121. The number of rotatable bonds is 7. The second kappa shape index (κ2) is 8.05. The summed E-state index contributed by atoms with van der Waals surface area (Å²) in [4.78, 5) is 11.9. The zero-order valence-electron chi connectivity index (χ0n) is 11.9. The van der Waals surface area contributed by atoms with Gasteiger partial charge in [-0.3, -0.25) is 4.79 Å². The summed E-state index contributed by atoms with van der Waals surface area (Å²) >= 11 is 6.10. The van der Waals surface area contributed by atoms with Gasteiger partial charge in [-0.15, -0.1) is 0 Å². The molecule has 3 nitrogen and oxygen atoms in total. The minimum atomic E-state index is -0.291. The van der Waals surface area contributed by atoms with E-state index >= 15 is 0 Å². The molecule has 1 rings (SSSR count). The van der Waals surface area contributed by atoms with Crippen molar-refractivity contribution in [2.45, 2.75) is 46.1 Å². The molecule has 0 bridgehead atoms. The van der Waals surface area contributed by atoms with E-state index in [0.717, 1.165) is 37.1 Å². The average molecular weight is 283 g/mol. The Kier molecular flexibility index (Phi) is 6.71. The number of anilines is 1. The van der Waals surface area contributed by atoms with E-state index in [-0.39, 0.29) is 11.9 Å². The lowest BCUT2D eigenvalue weighted by atomic mass is 10.2. The van der Waals surface area contributed by atoms with Crippen LogP contribution in [-0.4, -0.2) is 18.5 Å². The zero-order valence-corrected chi connectivity index (χ0v) is 12.7. The number of benzene rings is 1. The number of nitrogens with one attached hydrogen (secondary N) is 2. The third-order valence-corrected chi connectivity index (χ3v) is 3.30. The van der Waals surface area contributed by atoms with Crippen LogP contribution >= 0.6 is 11.6 Å². The summed E-state index contributed by atoms with van der Waals surface area (Å²) in [6.45, 7) is 6.72. The van der Waals surface area contributed by atoms with Crippen molar-refractivity contribution in [2.24, 2.45) is 0 Å². The van der Waals surface area contributed by atoms with Gasteiger partial charge in [-0.1, -0.05) is 37.4 Å². The van der Waals surface area contributed by atoms with Crippen molar-refractivity contribution < 1.29 is 4.79 Å². The summed E-state index contributed by atoms with van der Waals surface area (Å²) in [7, 11) is 0. The molecule has 1 atom stereocenters. The smallest absolute Gasteiger partial charge is 0.242 e. The molecule has 0 spiro atoms. The van der Waals surface area contributed by atoms with Crippen molar-refractivity contribution in [2.75, 3.05) is 11.9 Å². The Morgan fingerprint density at radius 2 is 2.11 bits per heavy atom. The predicted octanol–water partition coefficient (Wildman–Crippen LogP) is 3.76. The van der Waals surface area contributed by atoms with Crippen molar-refractivity contribution in [1.82, 2.24) is 5.32 Å². The molecule has 1 aromatic rings. The second-order valence-corrected chi connectivity index (χ2v) is 5.25. The first kappa shape index (κ1) is 15.8. The van der Waals surface area contributed by atoms with Gasteiger partial charge in [-0.2, -0.15) is 0 Å². The molecule has 0 radical (unpaired) electrons. The van der Waals surface area contributed by atoms with Gasteiger partial charge in [0, 0.05) is 6.54 Å². The monoisotopic (exact) mass is 282 g/mol. The number of unbranched alkanes of at least 4 members (excludes halogenated alkanes) is 2. The van der Waals surface area contributed by atoms with E-state index < -0.39 is 0 Å². The molecule has 0 aromatic heterocycles. The third-order valence-electron chi connectivity index (χ3n) is 2.97. The van der Waals surface area contributed by atoms with Crippen LogP contribution in [0.25, 0.3) is 0 Å². The molecule has 0 saturated carbocycles. The first-order chi connectivity index (χ1) is 9.04. The summed E-state index contributed by atoms with van der Waals surface area (Å²) in [6.07, 6.45) is 3.33. The fourth-order valence-electron chi connectivity index (χ4n) is 1.79. The first-order valence-electron chi connectivity index (χ1n) is 6.85. The molecule has 0 aliphatic carbocycles. The lowest BCUT2D eigenvalue weighted by Crippen LogP contribution is -2.38. The van der Waals surface area contributed by atoms with Gasteiger partial charge in [-0.25, -0.2) is 0 Å². The van der Waals surface area contributed by atoms with Crippen LogP contribution in [0.1, 0.15) is 38.7 Å². The Bertz CT molecular complexity index is 421. The molecule has 106 valence electrons. The Hall–Kier alpha value is -1.22. The highest BCUT2D eigenvalue weighted by atomic mass is 35.5. The largest absolute Gasteiger partial charge is 0.373 e. The van der Waals surface area contributed by atoms with Crippen LogP contribution in [-0.2, 0) is 4.79 Å². The lowest BCUT2D eigenvalue weighted by Gasteiger charge is -2.16. The van der Waals surface area contributed by atoms with Gasteiger partial charge < -0.3 is 10.6 Å². The summed E-state index contributed by atoms with van der Waals surface area (Å²) < 4.78 is 0. The van der Waals surface area contributed by atoms with E-state index in [2.05, 4.69) is 17.6 Å². The van der Waals surface area contributed by atoms with E-state index in [0.29, 0.717) is 5.02 Å². The normalized spacial score (nSPS) is 12.0. The number of carbonyl (C=O) groups excluding carboxylic acids is 1. The van der Waals surface area contributed by atoms with Crippen LogP contribution in [0.3, 0.4) is 0 Å². The topological polar surface area (TPSA) is 41.1 Å². The number of amides is 1. The van der Waals surface area contributed by atoms with E-state index in [9.17, 15) is 4.79 Å².